The van der Waals surface area contributed by atoms with Gasteiger partial charge in [-0.3, -0.25) is 13.8 Å². The molecule has 9 nitrogen and oxygen atoms in total. The Hall–Kier alpha value is -1.58. The molecular formula is C47H89N2O7P. The highest BCUT2D eigenvalue weighted by atomic mass is 31.2. The van der Waals surface area contributed by atoms with E-state index >= 15 is 0 Å². The summed E-state index contributed by atoms with van der Waals surface area (Å²) in [5.74, 6) is -0.465. The number of aliphatic hydroxyl groups is 2. The molecule has 4 atom stereocenters. The van der Waals surface area contributed by atoms with Crippen LogP contribution in [0.2, 0.25) is 0 Å². The second-order valence-electron chi connectivity index (χ2n) is 15.8. The van der Waals surface area contributed by atoms with Crippen molar-refractivity contribution in [1.29, 1.82) is 0 Å². The number of rotatable bonds is 43. The summed E-state index contributed by atoms with van der Waals surface area (Å²) in [4.78, 5) is 22.8. The highest BCUT2D eigenvalue weighted by molar-refractivity contribution is 7.47. The van der Waals surface area contributed by atoms with E-state index in [4.69, 9.17) is 14.8 Å². The predicted molar refractivity (Wildman–Crippen MR) is 241 cm³/mol. The number of phosphoric ester groups is 1. The molecule has 0 saturated heterocycles. The minimum Gasteiger partial charge on any atom is -0.393 e. The second kappa shape index (κ2) is 42.5. The first-order valence-corrected chi connectivity index (χ1v) is 24.8. The van der Waals surface area contributed by atoms with Crippen LogP contribution in [0.5, 0.6) is 0 Å². The first-order valence-electron chi connectivity index (χ1n) is 23.3. The smallest absolute Gasteiger partial charge is 0.393 e. The molecule has 0 fully saturated rings. The molecule has 0 aliphatic carbocycles. The molecule has 0 rings (SSSR count). The third-order valence-electron chi connectivity index (χ3n) is 10.2. The third-order valence-corrected chi connectivity index (χ3v) is 11.1. The summed E-state index contributed by atoms with van der Waals surface area (Å²) in [6.07, 6.45) is 49.2. The molecule has 6 N–H and O–H groups in total. The summed E-state index contributed by atoms with van der Waals surface area (Å²) < 4.78 is 22.1. The fourth-order valence-corrected chi connectivity index (χ4v) is 7.37. The summed E-state index contributed by atoms with van der Waals surface area (Å²) in [6.45, 7) is 3.92. The second-order valence-corrected chi connectivity index (χ2v) is 17.2. The van der Waals surface area contributed by atoms with E-state index in [0.717, 1.165) is 57.8 Å². The number of unbranched alkanes of at least 4 members (excludes halogenated alkanes) is 23. The predicted octanol–water partition coefficient (Wildman–Crippen LogP) is 12.3. The lowest BCUT2D eigenvalue weighted by Crippen LogP contribution is -2.46. The Balaban J connectivity index is 4.28. The van der Waals surface area contributed by atoms with Gasteiger partial charge in [-0.05, 0) is 70.6 Å². The monoisotopic (exact) mass is 825 g/mol. The minimum absolute atomic E-state index is 0.0402. The standard InChI is InChI=1S/C47H89N2O7P/c1-3-5-7-9-11-13-15-17-19-20-21-22-23-24-25-26-28-30-32-34-36-38-44(50)42-47(52)49-45(43-56-57(53,54)55-41-40-48)46(51)39-37-35-33-31-29-27-18-16-14-12-10-8-6-4-2/h14,16,24-25,29,31,37,39,44-46,50-51H,3-13,15,17-23,26-28,30,32-36,38,40-43,48H2,1-2H3,(H,49,52)(H,53,54)/b16-14+,25-24-,31-29+,39-37+. The molecule has 0 aromatic carbocycles. The van der Waals surface area contributed by atoms with Gasteiger partial charge in [0.05, 0.1) is 37.9 Å². The van der Waals surface area contributed by atoms with Crippen molar-refractivity contribution in [3.63, 3.8) is 0 Å². The molecule has 0 saturated carbocycles. The lowest BCUT2D eigenvalue weighted by atomic mass is 10.0. The van der Waals surface area contributed by atoms with E-state index in [-0.39, 0.29) is 19.6 Å². The molecule has 0 bridgehead atoms. The highest BCUT2D eigenvalue weighted by Crippen LogP contribution is 2.43. The van der Waals surface area contributed by atoms with Crippen molar-refractivity contribution in [3.05, 3.63) is 48.6 Å². The van der Waals surface area contributed by atoms with Crippen LogP contribution in [0.15, 0.2) is 48.6 Å². The quantitative estimate of drug-likeness (QED) is 0.0232. The van der Waals surface area contributed by atoms with Gasteiger partial charge in [-0.1, -0.05) is 178 Å². The highest BCUT2D eigenvalue weighted by Gasteiger charge is 2.27. The van der Waals surface area contributed by atoms with Gasteiger partial charge in [-0.15, -0.1) is 0 Å². The fraction of sp³-hybridized carbons (Fsp3) is 0.809. The molecule has 57 heavy (non-hydrogen) atoms. The first kappa shape index (κ1) is 55.4. The average Bonchev–Trinajstić information content (AvgIpc) is 3.19. The topological polar surface area (TPSA) is 151 Å². The molecular weight excluding hydrogens is 735 g/mol. The van der Waals surface area contributed by atoms with Gasteiger partial charge < -0.3 is 26.2 Å². The Kier molecular flexibility index (Phi) is 41.4. The van der Waals surface area contributed by atoms with Crippen LogP contribution in [0.3, 0.4) is 0 Å². The molecule has 0 aliphatic heterocycles. The van der Waals surface area contributed by atoms with Crippen molar-refractivity contribution >= 4 is 13.7 Å². The zero-order valence-electron chi connectivity index (χ0n) is 36.7. The molecule has 0 heterocycles. The SMILES string of the molecule is CCCCCC/C=C/CC/C=C/CC/C=C/C(O)C(COP(=O)(O)OCCN)NC(=O)CC(O)CCCCCCC/C=C\CCCCCCCCCCCCCC. The van der Waals surface area contributed by atoms with Crippen LogP contribution in [-0.2, 0) is 18.4 Å². The van der Waals surface area contributed by atoms with E-state index in [1.165, 1.54) is 116 Å². The Bertz CT molecular complexity index is 1050. The van der Waals surface area contributed by atoms with Crippen LogP contribution >= 0.6 is 7.82 Å². The Morgan fingerprint density at radius 2 is 1.00 bits per heavy atom. The van der Waals surface area contributed by atoms with Gasteiger partial charge in [0.15, 0.2) is 0 Å². The van der Waals surface area contributed by atoms with E-state index in [0.29, 0.717) is 12.8 Å². The normalized spacial score (nSPS) is 15.0. The number of hydrogen-bond acceptors (Lipinski definition) is 7. The van der Waals surface area contributed by atoms with Crippen molar-refractivity contribution in [2.24, 2.45) is 5.73 Å². The number of amides is 1. The summed E-state index contributed by atoms with van der Waals surface area (Å²) in [5.41, 5.74) is 5.36. The summed E-state index contributed by atoms with van der Waals surface area (Å²) in [6, 6.07) is -1.01. The molecule has 0 aliphatic rings. The Labute approximate surface area is 350 Å². The van der Waals surface area contributed by atoms with Gasteiger partial charge in [-0.25, -0.2) is 4.57 Å². The van der Waals surface area contributed by atoms with Crippen LogP contribution in [0, 0.1) is 0 Å². The first-order chi connectivity index (χ1) is 27.8. The Morgan fingerprint density at radius 3 is 1.47 bits per heavy atom. The minimum atomic E-state index is -4.41. The molecule has 0 spiro atoms. The lowest BCUT2D eigenvalue weighted by Gasteiger charge is -2.24. The maximum absolute atomic E-state index is 12.8. The number of allylic oxidation sites excluding steroid dienone is 7. The zero-order chi connectivity index (χ0) is 41.9. The number of phosphoric acid groups is 1. The summed E-state index contributed by atoms with van der Waals surface area (Å²) in [7, 11) is -4.41. The maximum atomic E-state index is 12.8. The van der Waals surface area contributed by atoms with E-state index in [1.54, 1.807) is 6.08 Å². The Morgan fingerprint density at radius 1 is 0.596 bits per heavy atom. The molecule has 4 unspecified atom stereocenters. The van der Waals surface area contributed by atoms with E-state index in [2.05, 4.69) is 55.6 Å². The molecule has 0 aromatic rings. The number of hydrogen-bond donors (Lipinski definition) is 5. The van der Waals surface area contributed by atoms with Crippen LogP contribution in [0.4, 0.5) is 0 Å². The lowest BCUT2D eigenvalue weighted by molar-refractivity contribution is -0.124. The van der Waals surface area contributed by atoms with Crippen molar-refractivity contribution in [2.75, 3.05) is 19.8 Å². The van der Waals surface area contributed by atoms with Crippen LogP contribution in [0.25, 0.3) is 0 Å². The number of carbonyl (C=O) groups excluding carboxylic acids is 1. The van der Waals surface area contributed by atoms with Gasteiger partial charge in [0.2, 0.25) is 5.91 Å². The van der Waals surface area contributed by atoms with Crippen molar-refractivity contribution in [2.45, 2.75) is 225 Å². The van der Waals surface area contributed by atoms with Crippen LogP contribution in [-0.4, -0.2) is 59.0 Å². The summed E-state index contributed by atoms with van der Waals surface area (Å²) >= 11 is 0. The number of aliphatic hydroxyl groups excluding tert-OH is 2. The molecule has 0 aromatic heterocycles. The third kappa shape index (κ3) is 41.0. The van der Waals surface area contributed by atoms with Gasteiger partial charge >= 0.3 is 7.82 Å². The van der Waals surface area contributed by atoms with Crippen LogP contribution < -0.4 is 11.1 Å². The van der Waals surface area contributed by atoms with E-state index in [9.17, 15) is 24.5 Å². The molecule has 10 heteroatoms. The van der Waals surface area contributed by atoms with E-state index < -0.39 is 38.6 Å². The number of nitrogens with one attached hydrogen (secondary N) is 1. The maximum Gasteiger partial charge on any atom is 0.472 e. The number of carbonyl (C=O) groups is 1. The molecule has 334 valence electrons. The molecule has 1 amide bonds. The van der Waals surface area contributed by atoms with E-state index in [1.807, 2.05) is 6.08 Å². The number of nitrogens with two attached hydrogens (primary N) is 1. The van der Waals surface area contributed by atoms with Crippen LogP contribution in [0.1, 0.15) is 206 Å². The van der Waals surface area contributed by atoms with Crippen molar-refractivity contribution in [1.82, 2.24) is 5.32 Å². The van der Waals surface area contributed by atoms with Gasteiger partial charge in [0.25, 0.3) is 0 Å². The van der Waals surface area contributed by atoms with Gasteiger partial charge in [-0.2, -0.15) is 0 Å². The largest absolute Gasteiger partial charge is 0.472 e. The summed E-state index contributed by atoms with van der Waals surface area (Å²) in [5, 5.41) is 24.0. The van der Waals surface area contributed by atoms with Crippen molar-refractivity contribution in [3.8, 4) is 0 Å². The zero-order valence-corrected chi connectivity index (χ0v) is 37.6. The average molecular weight is 825 g/mol. The fourth-order valence-electron chi connectivity index (χ4n) is 6.61. The van der Waals surface area contributed by atoms with Gasteiger partial charge in [0.1, 0.15) is 0 Å². The van der Waals surface area contributed by atoms with Crippen molar-refractivity contribution < 1.29 is 33.5 Å². The van der Waals surface area contributed by atoms with Gasteiger partial charge in [0, 0.05) is 6.54 Å². The molecule has 0 radical (unpaired) electrons.